The Balaban J connectivity index is 2.00. The highest BCUT2D eigenvalue weighted by molar-refractivity contribution is 5.60. The van der Waals surface area contributed by atoms with E-state index in [0.717, 1.165) is 13.1 Å². The van der Waals surface area contributed by atoms with Gasteiger partial charge in [0.2, 0.25) is 0 Å². The van der Waals surface area contributed by atoms with Crippen LogP contribution < -0.4 is 4.90 Å². The van der Waals surface area contributed by atoms with Crippen LogP contribution >= 0.6 is 0 Å². The van der Waals surface area contributed by atoms with Crippen molar-refractivity contribution in [2.75, 3.05) is 32.6 Å². The molecule has 0 aliphatic carbocycles. The molecule has 0 fully saturated rings. The summed E-state index contributed by atoms with van der Waals surface area (Å²) < 4.78 is 0. The molecule has 1 aliphatic rings. The number of fused-ring (bicyclic) bond motifs is 2. The van der Waals surface area contributed by atoms with Crippen LogP contribution in [0.2, 0.25) is 0 Å². The van der Waals surface area contributed by atoms with E-state index in [1.165, 1.54) is 35.2 Å². The van der Waals surface area contributed by atoms with Gasteiger partial charge in [-0.2, -0.15) is 0 Å². The predicted octanol–water partition coefficient (Wildman–Crippen LogP) is 4.11. The van der Waals surface area contributed by atoms with Crippen LogP contribution in [0.25, 0.3) is 0 Å². The Morgan fingerprint density at radius 2 is 1.68 bits per heavy atom. The van der Waals surface area contributed by atoms with Gasteiger partial charge in [-0.1, -0.05) is 42.5 Å². The molecule has 2 aromatic carbocycles. The largest absolute Gasteiger partial charge is 0.370 e. The molecule has 22 heavy (non-hydrogen) atoms. The van der Waals surface area contributed by atoms with Crippen molar-refractivity contribution < 1.29 is 0 Å². The summed E-state index contributed by atoms with van der Waals surface area (Å²) in [5.74, 6) is 0.511. The van der Waals surface area contributed by atoms with Gasteiger partial charge in [0.15, 0.2) is 0 Å². The fourth-order valence-electron chi connectivity index (χ4n) is 3.58. The van der Waals surface area contributed by atoms with E-state index in [9.17, 15) is 0 Å². The minimum atomic E-state index is 0.511. The van der Waals surface area contributed by atoms with E-state index >= 15 is 0 Å². The van der Waals surface area contributed by atoms with Gasteiger partial charge in [0, 0.05) is 25.2 Å². The second-order valence-electron chi connectivity index (χ2n) is 6.61. The molecule has 2 heteroatoms. The molecule has 1 atom stereocenters. The van der Waals surface area contributed by atoms with Crippen molar-refractivity contribution in [3.63, 3.8) is 0 Å². The molecule has 0 amide bonds. The normalized spacial score (nSPS) is 17.1. The highest BCUT2D eigenvalue weighted by Gasteiger charge is 2.24. The van der Waals surface area contributed by atoms with Gasteiger partial charge in [-0.3, -0.25) is 0 Å². The molecule has 0 aromatic heterocycles. The average Bonchev–Trinajstić information content (AvgIpc) is 2.63. The molecule has 0 bridgehead atoms. The van der Waals surface area contributed by atoms with E-state index in [0.29, 0.717) is 5.92 Å². The van der Waals surface area contributed by atoms with Gasteiger partial charge in [-0.05, 0) is 56.2 Å². The molecule has 1 aliphatic heterocycles. The lowest BCUT2D eigenvalue weighted by Gasteiger charge is -2.22. The Morgan fingerprint density at radius 3 is 2.45 bits per heavy atom. The maximum absolute atomic E-state index is 2.39. The smallest absolute Gasteiger partial charge is 0.0429 e. The summed E-state index contributed by atoms with van der Waals surface area (Å²) in [4.78, 5) is 4.67. The first kappa shape index (κ1) is 15.1. The van der Waals surface area contributed by atoms with Crippen molar-refractivity contribution in [2.45, 2.75) is 25.3 Å². The van der Waals surface area contributed by atoms with E-state index in [1.807, 2.05) is 0 Å². The minimum absolute atomic E-state index is 0.511. The molecule has 1 heterocycles. The van der Waals surface area contributed by atoms with Crippen LogP contribution in [0.3, 0.4) is 0 Å². The predicted molar refractivity (Wildman–Crippen MR) is 94.6 cm³/mol. The lowest BCUT2D eigenvalue weighted by atomic mass is 9.85. The molecule has 0 saturated carbocycles. The zero-order chi connectivity index (χ0) is 15.5. The van der Waals surface area contributed by atoms with E-state index in [1.54, 1.807) is 0 Å². The van der Waals surface area contributed by atoms with E-state index < -0.39 is 0 Å². The van der Waals surface area contributed by atoms with Crippen molar-refractivity contribution in [1.82, 2.24) is 4.90 Å². The third-order valence-electron chi connectivity index (χ3n) is 4.66. The quantitative estimate of drug-likeness (QED) is 0.837. The number of benzene rings is 2. The molecule has 3 rings (SSSR count). The van der Waals surface area contributed by atoms with Crippen LogP contribution in [0, 0.1) is 0 Å². The van der Waals surface area contributed by atoms with E-state index in [-0.39, 0.29) is 0 Å². The Hall–Kier alpha value is -1.80. The van der Waals surface area contributed by atoms with Crippen LogP contribution in [-0.4, -0.2) is 32.6 Å². The molecule has 0 spiro atoms. The summed E-state index contributed by atoms with van der Waals surface area (Å²) in [5, 5.41) is 0. The topological polar surface area (TPSA) is 6.48 Å². The first-order chi connectivity index (χ1) is 10.7. The second kappa shape index (κ2) is 6.53. The molecular weight excluding hydrogens is 268 g/mol. The molecule has 2 nitrogen and oxygen atoms in total. The first-order valence-corrected chi connectivity index (χ1v) is 8.19. The van der Waals surface area contributed by atoms with Crippen molar-refractivity contribution in [3.05, 3.63) is 65.2 Å². The number of rotatable bonds is 4. The second-order valence-corrected chi connectivity index (χ2v) is 6.61. The Bertz CT molecular complexity index is 633. The summed E-state index contributed by atoms with van der Waals surface area (Å²) in [6.07, 6.45) is 2.43. The summed E-state index contributed by atoms with van der Waals surface area (Å²) in [5.41, 5.74) is 5.84. The summed E-state index contributed by atoms with van der Waals surface area (Å²) in [7, 11) is 6.52. The molecule has 2 aromatic rings. The van der Waals surface area contributed by atoms with Crippen molar-refractivity contribution in [3.8, 4) is 0 Å². The van der Waals surface area contributed by atoms with Crippen LogP contribution in [-0.2, 0) is 6.54 Å². The van der Waals surface area contributed by atoms with Gasteiger partial charge in [-0.25, -0.2) is 0 Å². The van der Waals surface area contributed by atoms with Gasteiger partial charge in [0.1, 0.15) is 0 Å². The number of hydrogen-bond donors (Lipinski definition) is 0. The number of anilines is 1. The third-order valence-corrected chi connectivity index (χ3v) is 4.66. The van der Waals surface area contributed by atoms with Crippen LogP contribution in [0.4, 0.5) is 5.69 Å². The molecule has 0 N–H and O–H groups in total. The molecule has 1 unspecified atom stereocenters. The van der Waals surface area contributed by atoms with E-state index in [2.05, 4.69) is 79.5 Å². The standard InChI is InChI=1S/C20H26N2/c1-21(2)14-8-12-18-17-10-5-4-9-16(17)15-22(3)20-13-7-6-11-19(18)20/h4-7,9-11,13,18H,8,12,14-15H2,1-3H3. The van der Waals surface area contributed by atoms with Crippen LogP contribution in [0.1, 0.15) is 35.4 Å². The number of hydrogen-bond acceptors (Lipinski definition) is 2. The van der Waals surface area contributed by atoms with Crippen molar-refractivity contribution in [1.29, 1.82) is 0 Å². The minimum Gasteiger partial charge on any atom is -0.370 e. The van der Waals surface area contributed by atoms with Gasteiger partial charge < -0.3 is 9.80 Å². The SMILES string of the molecule is CN(C)CCCC1c2ccccc2CN(C)c2ccccc21. The van der Waals surface area contributed by atoms with E-state index in [4.69, 9.17) is 0 Å². The summed E-state index contributed by atoms with van der Waals surface area (Å²) in [6, 6.07) is 17.9. The highest BCUT2D eigenvalue weighted by Crippen LogP contribution is 2.40. The highest BCUT2D eigenvalue weighted by atomic mass is 15.1. The maximum Gasteiger partial charge on any atom is 0.0429 e. The zero-order valence-electron chi connectivity index (χ0n) is 13.9. The fraction of sp³-hybridized carbons (Fsp3) is 0.400. The third kappa shape index (κ3) is 3.02. The fourth-order valence-corrected chi connectivity index (χ4v) is 3.58. The van der Waals surface area contributed by atoms with Crippen molar-refractivity contribution in [2.24, 2.45) is 0 Å². The van der Waals surface area contributed by atoms with Gasteiger partial charge >= 0.3 is 0 Å². The van der Waals surface area contributed by atoms with Gasteiger partial charge in [0.05, 0.1) is 0 Å². The lowest BCUT2D eigenvalue weighted by Crippen LogP contribution is -2.16. The van der Waals surface area contributed by atoms with Gasteiger partial charge in [0.25, 0.3) is 0 Å². The molecule has 116 valence electrons. The average molecular weight is 294 g/mol. The lowest BCUT2D eigenvalue weighted by molar-refractivity contribution is 0.390. The first-order valence-electron chi connectivity index (χ1n) is 8.19. The molecule has 0 saturated heterocycles. The Morgan fingerprint density at radius 1 is 1.00 bits per heavy atom. The van der Waals surface area contributed by atoms with Crippen LogP contribution in [0.15, 0.2) is 48.5 Å². The molecule has 0 radical (unpaired) electrons. The number of para-hydroxylation sites is 1. The Labute approximate surface area is 134 Å². The van der Waals surface area contributed by atoms with Gasteiger partial charge in [-0.15, -0.1) is 0 Å². The van der Waals surface area contributed by atoms with Crippen LogP contribution in [0.5, 0.6) is 0 Å². The monoisotopic (exact) mass is 294 g/mol. The summed E-state index contributed by atoms with van der Waals surface area (Å²) >= 11 is 0. The molecular formula is C20H26N2. The zero-order valence-corrected chi connectivity index (χ0v) is 13.9. The van der Waals surface area contributed by atoms with Crippen molar-refractivity contribution >= 4 is 5.69 Å². The number of nitrogens with zero attached hydrogens (tertiary/aromatic N) is 2. The maximum atomic E-state index is 2.39. The summed E-state index contributed by atoms with van der Waals surface area (Å²) in [6.45, 7) is 2.15. The Kier molecular flexibility index (Phi) is 4.49.